The average molecular weight is 492 g/mol. The van der Waals surface area contributed by atoms with E-state index in [1.54, 1.807) is 23.8 Å². The van der Waals surface area contributed by atoms with Gasteiger partial charge in [0.1, 0.15) is 18.2 Å². The van der Waals surface area contributed by atoms with Crippen molar-refractivity contribution in [3.8, 4) is 10.4 Å². The zero-order valence-electron chi connectivity index (χ0n) is 17.3. The molecule has 1 N–H and O–H groups in total. The fourth-order valence-corrected chi connectivity index (χ4v) is 4.63. The highest BCUT2D eigenvalue weighted by atomic mass is 35.5. The van der Waals surface area contributed by atoms with Gasteiger partial charge in [0.25, 0.3) is 0 Å². The third-order valence-electron chi connectivity index (χ3n) is 5.40. The highest BCUT2D eigenvalue weighted by Crippen LogP contribution is 2.36. The second kappa shape index (κ2) is 9.88. The molecule has 0 spiro atoms. The average Bonchev–Trinajstić information content (AvgIpc) is 3.47. The maximum atomic E-state index is 13.7. The molecule has 0 saturated heterocycles. The van der Waals surface area contributed by atoms with Crippen LogP contribution < -0.4 is 10.2 Å². The van der Waals surface area contributed by atoms with Gasteiger partial charge in [0.15, 0.2) is 0 Å². The second-order valence-corrected chi connectivity index (χ2v) is 8.84. The zero-order valence-corrected chi connectivity index (χ0v) is 18.9. The van der Waals surface area contributed by atoms with E-state index in [1.807, 2.05) is 12.1 Å². The lowest BCUT2D eigenvalue weighted by Gasteiger charge is -2.31. The van der Waals surface area contributed by atoms with E-state index in [9.17, 15) is 18.4 Å². The molecular weight excluding hydrogens is 472 g/mol. The van der Waals surface area contributed by atoms with Gasteiger partial charge in [0.2, 0.25) is 17.7 Å². The van der Waals surface area contributed by atoms with E-state index in [4.69, 9.17) is 11.6 Å². The van der Waals surface area contributed by atoms with Gasteiger partial charge in [-0.05, 0) is 24.1 Å². The summed E-state index contributed by atoms with van der Waals surface area (Å²) in [5.74, 6) is -4.32. The van der Waals surface area contributed by atoms with Gasteiger partial charge in [-0.2, -0.15) is 0 Å². The number of hydrogen-bond acceptors (Lipinski definition) is 6. The summed E-state index contributed by atoms with van der Waals surface area (Å²) in [7, 11) is 0. The molecule has 172 valence electrons. The maximum Gasteiger partial charge on any atom is 0.250 e. The van der Waals surface area contributed by atoms with E-state index in [-0.39, 0.29) is 18.7 Å². The van der Waals surface area contributed by atoms with E-state index in [0.29, 0.717) is 11.3 Å². The summed E-state index contributed by atoms with van der Waals surface area (Å²) < 4.78 is 27.3. The molecule has 4 rings (SSSR count). The molecule has 1 saturated carbocycles. The van der Waals surface area contributed by atoms with Crippen LogP contribution in [0.1, 0.15) is 30.9 Å². The monoisotopic (exact) mass is 491 g/mol. The Morgan fingerprint density at radius 2 is 1.91 bits per heavy atom. The summed E-state index contributed by atoms with van der Waals surface area (Å²) in [5, 5.41) is 2.68. The minimum absolute atomic E-state index is 0.156. The molecule has 0 bridgehead atoms. The first kappa shape index (κ1) is 23.2. The van der Waals surface area contributed by atoms with Gasteiger partial charge in [-0.25, -0.2) is 18.7 Å². The van der Waals surface area contributed by atoms with Crippen molar-refractivity contribution in [2.24, 2.45) is 0 Å². The van der Waals surface area contributed by atoms with Crippen molar-refractivity contribution < 1.29 is 18.4 Å². The summed E-state index contributed by atoms with van der Waals surface area (Å²) in [6, 6.07) is 5.15. The molecule has 1 aliphatic carbocycles. The zero-order chi connectivity index (χ0) is 23.4. The topological polar surface area (TPSA) is 88.1 Å². The Morgan fingerprint density at radius 1 is 1.18 bits per heavy atom. The van der Waals surface area contributed by atoms with Crippen molar-refractivity contribution in [3.63, 3.8) is 0 Å². The molecule has 2 heterocycles. The number of anilines is 1. The third-order valence-corrected chi connectivity index (χ3v) is 6.45. The summed E-state index contributed by atoms with van der Waals surface area (Å²) in [4.78, 5) is 40.5. The first-order chi connectivity index (χ1) is 15.9. The van der Waals surface area contributed by atoms with Crippen LogP contribution in [-0.2, 0) is 9.59 Å². The highest BCUT2D eigenvalue weighted by Gasteiger charge is 2.42. The smallest absolute Gasteiger partial charge is 0.250 e. The van der Waals surface area contributed by atoms with Crippen molar-refractivity contribution in [1.29, 1.82) is 0 Å². The number of carbonyl (C=O) groups excluding carboxylic acids is 2. The van der Waals surface area contributed by atoms with Crippen LogP contribution in [-0.4, -0.2) is 44.6 Å². The third kappa shape index (κ3) is 5.33. The van der Waals surface area contributed by atoms with Crippen molar-refractivity contribution in [1.82, 2.24) is 20.3 Å². The Hall–Kier alpha value is -2.98. The van der Waals surface area contributed by atoms with Gasteiger partial charge < -0.3 is 5.32 Å². The first-order valence-corrected chi connectivity index (χ1v) is 11.6. The fraction of sp³-hybridized carbons (Fsp3) is 0.318. The normalized spacial score (nSPS) is 18.0. The standard InChI is InChI=1S/C22H20ClF2N5O2S/c23-8-19(31)30(17-3-1-14(2-4-17)18-11-28-13-33-18)20(15-9-26-12-27-10-15)21(32)29-16-5-6-22(24,25)7-16/h1-4,9-13,16,20H,5-8H2,(H,29,32)/t16-,20?/m0/s1. The molecule has 7 nitrogen and oxygen atoms in total. The minimum Gasteiger partial charge on any atom is -0.351 e. The van der Waals surface area contributed by atoms with Crippen LogP contribution in [0.3, 0.4) is 0 Å². The number of nitrogens with zero attached hydrogens (tertiary/aromatic N) is 4. The molecule has 2 aromatic heterocycles. The lowest BCUT2D eigenvalue weighted by Crippen LogP contribution is -2.47. The number of rotatable bonds is 7. The molecular formula is C22H20ClF2N5O2S. The number of carbonyl (C=O) groups is 2. The number of alkyl halides is 3. The van der Waals surface area contributed by atoms with Crippen molar-refractivity contribution >= 4 is 40.4 Å². The quantitative estimate of drug-likeness (QED) is 0.500. The number of hydrogen-bond donors (Lipinski definition) is 1. The molecule has 33 heavy (non-hydrogen) atoms. The Bertz CT molecular complexity index is 1100. The number of aromatic nitrogens is 3. The summed E-state index contributed by atoms with van der Waals surface area (Å²) in [5.41, 5.74) is 3.38. The van der Waals surface area contributed by atoms with E-state index >= 15 is 0 Å². The minimum atomic E-state index is -2.82. The number of nitrogens with one attached hydrogen (secondary N) is 1. The van der Waals surface area contributed by atoms with Crippen LogP contribution >= 0.6 is 22.9 Å². The van der Waals surface area contributed by atoms with Crippen LogP contribution in [0.5, 0.6) is 0 Å². The van der Waals surface area contributed by atoms with Gasteiger partial charge in [0.05, 0.1) is 10.4 Å². The molecule has 1 aliphatic rings. The fourth-order valence-electron chi connectivity index (χ4n) is 3.87. The predicted octanol–water partition coefficient (Wildman–Crippen LogP) is 4.22. The molecule has 1 aromatic carbocycles. The molecule has 1 fully saturated rings. The van der Waals surface area contributed by atoms with Crippen molar-refractivity contribution in [3.05, 3.63) is 60.3 Å². The van der Waals surface area contributed by atoms with Gasteiger partial charge in [-0.3, -0.25) is 19.5 Å². The van der Waals surface area contributed by atoms with Crippen LogP contribution in [0.2, 0.25) is 0 Å². The SMILES string of the molecule is O=C(N[C@H]1CCC(F)(F)C1)C(c1cncnc1)N(C(=O)CCl)c1ccc(-c2cncs2)cc1. The largest absolute Gasteiger partial charge is 0.351 e. The van der Waals surface area contributed by atoms with Gasteiger partial charge in [-0.1, -0.05) is 12.1 Å². The van der Waals surface area contributed by atoms with Crippen LogP contribution in [0, 0.1) is 0 Å². The Labute approximate surface area is 197 Å². The number of amides is 2. The lowest BCUT2D eigenvalue weighted by molar-refractivity contribution is -0.126. The van der Waals surface area contributed by atoms with Crippen molar-refractivity contribution in [2.45, 2.75) is 37.3 Å². The molecule has 3 aromatic rings. The van der Waals surface area contributed by atoms with Gasteiger partial charge in [-0.15, -0.1) is 22.9 Å². The Morgan fingerprint density at radius 3 is 2.48 bits per heavy atom. The number of benzene rings is 1. The van der Waals surface area contributed by atoms with E-state index in [2.05, 4.69) is 20.3 Å². The maximum absolute atomic E-state index is 13.7. The van der Waals surface area contributed by atoms with E-state index in [1.165, 1.54) is 35.0 Å². The van der Waals surface area contributed by atoms with Crippen molar-refractivity contribution in [2.75, 3.05) is 10.8 Å². The Balaban J connectivity index is 1.68. The number of thiazole rings is 1. The molecule has 2 atom stereocenters. The summed E-state index contributed by atoms with van der Waals surface area (Å²) >= 11 is 7.37. The first-order valence-electron chi connectivity index (χ1n) is 10.2. The molecule has 2 amide bonds. The number of halogens is 3. The van der Waals surface area contributed by atoms with E-state index in [0.717, 1.165) is 10.4 Å². The van der Waals surface area contributed by atoms with Gasteiger partial charge >= 0.3 is 0 Å². The summed E-state index contributed by atoms with van der Waals surface area (Å²) in [6.07, 6.45) is 5.29. The predicted molar refractivity (Wildman–Crippen MR) is 121 cm³/mol. The lowest BCUT2D eigenvalue weighted by atomic mass is 10.0. The van der Waals surface area contributed by atoms with Gasteiger partial charge in [0, 0.05) is 48.7 Å². The molecule has 1 unspecified atom stereocenters. The van der Waals surface area contributed by atoms with E-state index < -0.39 is 36.2 Å². The molecule has 11 heteroatoms. The molecule has 0 aliphatic heterocycles. The second-order valence-electron chi connectivity index (χ2n) is 7.69. The van der Waals surface area contributed by atoms with Crippen LogP contribution in [0.4, 0.5) is 14.5 Å². The van der Waals surface area contributed by atoms with Crippen LogP contribution in [0.25, 0.3) is 10.4 Å². The highest BCUT2D eigenvalue weighted by molar-refractivity contribution is 7.13. The molecule has 0 radical (unpaired) electrons. The van der Waals surface area contributed by atoms with Crippen LogP contribution in [0.15, 0.2) is 54.7 Å². The summed E-state index contributed by atoms with van der Waals surface area (Å²) in [6.45, 7) is 0. The Kier molecular flexibility index (Phi) is 6.94.